The van der Waals surface area contributed by atoms with Crippen LogP contribution in [0.2, 0.25) is 0 Å². The first kappa shape index (κ1) is 8.05. The molecule has 1 aliphatic heterocycles. The lowest BCUT2D eigenvalue weighted by Gasteiger charge is -1.97. The fraction of sp³-hybridized carbons (Fsp3) is 0.0769. The predicted molar refractivity (Wildman–Crippen MR) is 56.0 cm³/mol. The van der Waals surface area contributed by atoms with Crippen LogP contribution in [0.1, 0.15) is 27.1 Å². The Morgan fingerprint density at radius 1 is 1.00 bits per heavy atom. The molecular formula is C13H6O3. The van der Waals surface area contributed by atoms with E-state index < -0.39 is 11.9 Å². The molecule has 0 aromatic heterocycles. The molecule has 16 heavy (non-hydrogen) atoms. The average molecular weight is 210 g/mol. The molecule has 0 unspecified atom stereocenters. The zero-order valence-corrected chi connectivity index (χ0v) is 8.24. The van der Waals surface area contributed by atoms with E-state index in [4.69, 9.17) is 0 Å². The number of esters is 2. The van der Waals surface area contributed by atoms with E-state index in [9.17, 15) is 9.59 Å². The van der Waals surface area contributed by atoms with Crippen LogP contribution in [0.5, 0.6) is 0 Å². The second-order valence-electron chi connectivity index (χ2n) is 4.15. The first-order valence-electron chi connectivity index (χ1n) is 5.09. The molecular weight excluding hydrogens is 204 g/mol. The summed E-state index contributed by atoms with van der Waals surface area (Å²) in [5.41, 5.74) is 3.20. The van der Waals surface area contributed by atoms with Gasteiger partial charge in [0.2, 0.25) is 0 Å². The maximum Gasteiger partial charge on any atom is 0.347 e. The lowest BCUT2D eigenvalue weighted by molar-refractivity contribution is 0.0443. The predicted octanol–water partition coefficient (Wildman–Crippen LogP) is 0.272. The molecule has 4 rings (SSSR count). The minimum atomic E-state index is -0.528. The topological polar surface area (TPSA) is 43.4 Å². The number of allylic oxidation sites excluding steroid dienone is 2. The number of carbonyl (C=O) groups excluding carboxylic acids is 2. The first-order chi connectivity index (χ1) is 7.75. The molecule has 0 fully saturated rings. The summed E-state index contributed by atoms with van der Waals surface area (Å²) in [6, 6.07) is 3.59. The van der Waals surface area contributed by atoms with Crippen molar-refractivity contribution >= 4 is 23.1 Å². The standard InChI is InChI=1S/C13H6O3/c14-12-9-4-3-8-6-1-2-7(5-6)10(8)11(9)13(15)16-12/h1-4H,5H2. The van der Waals surface area contributed by atoms with Gasteiger partial charge in [-0.1, -0.05) is 18.2 Å². The number of carbonyl (C=O) groups is 2. The molecule has 2 bridgehead atoms. The quantitative estimate of drug-likeness (QED) is 0.456. The maximum absolute atomic E-state index is 11.6. The van der Waals surface area contributed by atoms with Crippen molar-refractivity contribution in [1.29, 1.82) is 0 Å². The van der Waals surface area contributed by atoms with Crippen LogP contribution in [-0.4, -0.2) is 11.9 Å². The van der Waals surface area contributed by atoms with E-state index >= 15 is 0 Å². The second kappa shape index (κ2) is 2.32. The monoisotopic (exact) mass is 210 g/mol. The van der Waals surface area contributed by atoms with E-state index in [0.717, 1.165) is 22.4 Å². The minimum absolute atomic E-state index is 0.401. The van der Waals surface area contributed by atoms with Gasteiger partial charge in [-0.05, 0) is 28.9 Å². The lowest BCUT2D eigenvalue weighted by Crippen LogP contribution is -2.31. The van der Waals surface area contributed by atoms with E-state index in [1.54, 1.807) is 6.07 Å². The highest BCUT2D eigenvalue weighted by molar-refractivity contribution is 6.15. The molecule has 76 valence electrons. The Hall–Kier alpha value is -2.16. The van der Waals surface area contributed by atoms with Crippen LogP contribution < -0.4 is 10.4 Å². The van der Waals surface area contributed by atoms with Gasteiger partial charge in [-0.3, -0.25) is 0 Å². The van der Waals surface area contributed by atoms with Crippen molar-refractivity contribution in [3.8, 4) is 0 Å². The smallest absolute Gasteiger partial charge is 0.347 e. The summed E-state index contributed by atoms with van der Waals surface area (Å²) in [5, 5.41) is 1.98. The van der Waals surface area contributed by atoms with Gasteiger partial charge >= 0.3 is 11.9 Å². The third-order valence-electron chi connectivity index (χ3n) is 3.35. The number of rotatable bonds is 0. The molecule has 0 saturated carbocycles. The molecule has 3 nitrogen and oxygen atoms in total. The largest absolute Gasteiger partial charge is 0.386 e. The van der Waals surface area contributed by atoms with Crippen molar-refractivity contribution in [2.24, 2.45) is 0 Å². The van der Waals surface area contributed by atoms with Gasteiger partial charge in [-0.25, -0.2) is 9.59 Å². The third-order valence-corrected chi connectivity index (χ3v) is 3.35. The second-order valence-corrected chi connectivity index (χ2v) is 4.15. The van der Waals surface area contributed by atoms with E-state index in [1.807, 2.05) is 12.1 Å². The van der Waals surface area contributed by atoms with Crippen LogP contribution in [0.4, 0.5) is 0 Å². The molecule has 3 heteroatoms. The highest BCUT2D eigenvalue weighted by Gasteiger charge is 2.33. The molecule has 1 heterocycles. The van der Waals surface area contributed by atoms with Crippen LogP contribution in [0.25, 0.3) is 11.1 Å². The number of fused-ring (bicyclic) bond motifs is 5. The maximum atomic E-state index is 11.6. The zero-order valence-electron chi connectivity index (χ0n) is 8.24. The van der Waals surface area contributed by atoms with Crippen LogP contribution in [0.3, 0.4) is 0 Å². The Labute approximate surface area is 90.3 Å². The van der Waals surface area contributed by atoms with E-state index in [2.05, 4.69) is 10.8 Å². The summed E-state index contributed by atoms with van der Waals surface area (Å²) in [4.78, 5) is 23.0. The van der Waals surface area contributed by atoms with Crippen molar-refractivity contribution in [3.05, 3.63) is 45.8 Å². The lowest BCUT2D eigenvalue weighted by atomic mass is 10.0. The van der Waals surface area contributed by atoms with E-state index in [-0.39, 0.29) is 0 Å². The molecule has 2 aliphatic carbocycles. The fourth-order valence-electron chi connectivity index (χ4n) is 2.66. The molecule has 0 saturated heterocycles. The Balaban J connectivity index is 2.30. The number of hydrogen-bond acceptors (Lipinski definition) is 3. The van der Waals surface area contributed by atoms with Gasteiger partial charge in [-0.15, -0.1) is 0 Å². The van der Waals surface area contributed by atoms with Crippen molar-refractivity contribution in [2.45, 2.75) is 6.42 Å². The molecule has 0 N–H and O–H groups in total. The number of hydrogen-bond donors (Lipinski definition) is 0. The van der Waals surface area contributed by atoms with Crippen LogP contribution in [0.15, 0.2) is 24.3 Å². The average Bonchev–Trinajstić information content (AvgIpc) is 2.93. The minimum Gasteiger partial charge on any atom is -0.386 e. The highest BCUT2D eigenvalue weighted by atomic mass is 16.6. The van der Waals surface area contributed by atoms with E-state index in [1.165, 1.54) is 5.57 Å². The summed E-state index contributed by atoms with van der Waals surface area (Å²) >= 11 is 0. The Morgan fingerprint density at radius 3 is 2.69 bits per heavy atom. The summed E-state index contributed by atoms with van der Waals surface area (Å²) in [6.07, 6.45) is 4.94. The summed E-state index contributed by atoms with van der Waals surface area (Å²) in [6.45, 7) is 0. The van der Waals surface area contributed by atoms with Gasteiger partial charge in [0.25, 0.3) is 0 Å². The fourth-order valence-corrected chi connectivity index (χ4v) is 2.66. The number of ether oxygens (including phenoxy) is 1. The van der Waals surface area contributed by atoms with Gasteiger partial charge in [0.05, 0.1) is 11.1 Å². The Bertz CT molecular complexity index is 735. The van der Waals surface area contributed by atoms with Gasteiger partial charge in [0.1, 0.15) is 0 Å². The van der Waals surface area contributed by atoms with Crippen molar-refractivity contribution < 1.29 is 14.3 Å². The molecule has 1 aromatic carbocycles. The molecule has 1 aromatic rings. The SMILES string of the molecule is O=C1OC(=O)c2c1ccc1c2=C2C=CC=1C2. The molecule has 0 spiro atoms. The summed E-state index contributed by atoms with van der Waals surface area (Å²) < 4.78 is 4.64. The van der Waals surface area contributed by atoms with E-state index in [0.29, 0.717) is 11.1 Å². The zero-order chi connectivity index (χ0) is 10.9. The Morgan fingerprint density at radius 2 is 1.81 bits per heavy atom. The van der Waals surface area contributed by atoms with Crippen LogP contribution in [0, 0.1) is 0 Å². The molecule has 0 atom stereocenters. The van der Waals surface area contributed by atoms with Crippen LogP contribution >= 0.6 is 0 Å². The van der Waals surface area contributed by atoms with Crippen LogP contribution in [-0.2, 0) is 4.74 Å². The van der Waals surface area contributed by atoms with Gasteiger partial charge < -0.3 is 4.74 Å². The van der Waals surface area contributed by atoms with Gasteiger partial charge in [0, 0.05) is 5.22 Å². The summed E-state index contributed by atoms with van der Waals surface area (Å²) in [7, 11) is 0. The normalized spacial score (nSPS) is 19.2. The first-order valence-corrected chi connectivity index (χ1v) is 5.09. The Kier molecular flexibility index (Phi) is 1.17. The number of cyclic esters (lactones) is 2. The molecule has 3 aliphatic rings. The van der Waals surface area contributed by atoms with Crippen molar-refractivity contribution in [3.63, 3.8) is 0 Å². The van der Waals surface area contributed by atoms with Gasteiger partial charge in [-0.2, -0.15) is 0 Å². The van der Waals surface area contributed by atoms with Crippen molar-refractivity contribution in [2.75, 3.05) is 0 Å². The molecule has 0 radical (unpaired) electrons. The van der Waals surface area contributed by atoms with Crippen molar-refractivity contribution in [1.82, 2.24) is 0 Å². The number of benzene rings is 1. The third kappa shape index (κ3) is 0.724. The molecule has 0 amide bonds. The highest BCUT2D eigenvalue weighted by Crippen LogP contribution is 2.27. The van der Waals surface area contributed by atoms with Gasteiger partial charge in [0.15, 0.2) is 0 Å². The summed E-state index contributed by atoms with van der Waals surface area (Å²) in [5.74, 6) is -1.04.